The van der Waals surface area contributed by atoms with Gasteiger partial charge in [0.05, 0.1) is 25.4 Å². The van der Waals surface area contributed by atoms with Gasteiger partial charge in [-0.3, -0.25) is 9.59 Å². The van der Waals surface area contributed by atoms with Gasteiger partial charge in [-0.05, 0) is 77.0 Å². The van der Waals surface area contributed by atoms with Crippen LogP contribution in [-0.4, -0.2) is 47.4 Å². The van der Waals surface area contributed by atoms with E-state index in [1.165, 1.54) is 366 Å². The van der Waals surface area contributed by atoms with Gasteiger partial charge in [0.1, 0.15) is 0 Å². The zero-order valence-electron chi connectivity index (χ0n) is 57.9. The maximum Gasteiger partial charge on any atom is 0.305 e. The molecule has 0 aliphatic heterocycles. The van der Waals surface area contributed by atoms with Crippen molar-refractivity contribution in [2.75, 3.05) is 13.2 Å². The van der Waals surface area contributed by atoms with Crippen LogP contribution >= 0.6 is 0 Å². The van der Waals surface area contributed by atoms with E-state index >= 15 is 0 Å². The third kappa shape index (κ3) is 71.3. The van der Waals surface area contributed by atoms with Gasteiger partial charge in [-0.25, -0.2) is 0 Å². The van der Waals surface area contributed by atoms with E-state index in [1.807, 2.05) is 0 Å². The molecular weight excluding hydrogens is 1040 g/mol. The van der Waals surface area contributed by atoms with Crippen LogP contribution in [0, 0.1) is 0 Å². The summed E-state index contributed by atoms with van der Waals surface area (Å²) >= 11 is 0. The summed E-state index contributed by atoms with van der Waals surface area (Å²) in [4.78, 5) is 24.6. The minimum atomic E-state index is -0.663. The van der Waals surface area contributed by atoms with Crippen LogP contribution in [0.4, 0.5) is 0 Å². The Morgan fingerprint density at radius 1 is 0.318 bits per heavy atom. The van der Waals surface area contributed by atoms with Crippen molar-refractivity contribution in [3.63, 3.8) is 0 Å². The normalized spacial score (nSPS) is 12.6. The number of hydrogen-bond acceptors (Lipinski definition) is 5. The summed E-state index contributed by atoms with van der Waals surface area (Å²) in [5.74, 6) is -0.0157. The van der Waals surface area contributed by atoms with E-state index in [0.29, 0.717) is 25.9 Å². The number of allylic oxidation sites excluding steroid dienone is 4. The lowest BCUT2D eigenvalue weighted by molar-refractivity contribution is -0.143. The minimum absolute atomic E-state index is 0.0110. The van der Waals surface area contributed by atoms with Crippen LogP contribution in [0.5, 0.6) is 0 Å². The van der Waals surface area contributed by atoms with Crippen LogP contribution in [-0.2, 0) is 14.3 Å². The van der Waals surface area contributed by atoms with E-state index in [0.717, 1.165) is 44.9 Å². The van der Waals surface area contributed by atoms with Gasteiger partial charge in [-0.15, -0.1) is 0 Å². The lowest BCUT2D eigenvalue weighted by atomic mass is 10.0. The molecule has 2 atom stereocenters. The van der Waals surface area contributed by atoms with Crippen LogP contribution in [0.15, 0.2) is 24.3 Å². The molecule has 0 saturated heterocycles. The van der Waals surface area contributed by atoms with Crippen LogP contribution < -0.4 is 5.32 Å². The number of unbranched alkanes of at least 4 members (excludes halogenated alkanes) is 59. The molecule has 6 nitrogen and oxygen atoms in total. The average molecular weight is 1200 g/mol. The summed E-state index contributed by atoms with van der Waals surface area (Å²) in [6, 6.07) is -0.540. The topological polar surface area (TPSA) is 95.9 Å². The Morgan fingerprint density at radius 2 is 0.553 bits per heavy atom. The van der Waals surface area contributed by atoms with Gasteiger partial charge in [-0.1, -0.05) is 378 Å². The second kappa shape index (κ2) is 74.8. The number of ether oxygens (including phenoxy) is 1. The molecular formula is C79H153NO5. The Morgan fingerprint density at radius 3 is 0.835 bits per heavy atom. The molecule has 0 aliphatic rings. The highest BCUT2D eigenvalue weighted by atomic mass is 16.5. The number of esters is 1. The van der Waals surface area contributed by atoms with E-state index in [-0.39, 0.29) is 18.5 Å². The van der Waals surface area contributed by atoms with Crippen molar-refractivity contribution in [2.45, 2.75) is 456 Å². The quantitative estimate of drug-likeness (QED) is 0.0320. The Labute approximate surface area is 532 Å². The number of hydrogen-bond donors (Lipinski definition) is 3. The molecule has 0 bridgehead atoms. The molecule has 0 aromatic carbocycles. The summed E-state index contributed by atoms with van der Waals surface area (Å²) in [6.07, 6.45) is 95.5. The third-order valence-electron chi connectivity index (χ3n) is 18.5. The molecule has 0 aromatic rings. The maximum atomic E-state index is 12.6. The van der Waals surface area contributed by atoms with Crippen molar-refractivity contribution in [2.24, 2.45) is 0 Å². The molecule has 0 aliphatic carbocycles. The maximum absolute atomic E-state index is 12.6. The summed E-state index contributed by atoms with van der Waals surface area (Å²) in [7, 11) is 0. The number of carbonyl (C=O) groups is 2. The molecule has 0 fully saturated rings. The number of aliphatic hydroxyl groups is 2. The fourth-order valence-electron chi connectivity index (χ4n) is 12.5. The molecule has 1 amide bonds. The van der Waals surface area contributed by atoms with Crippen LogP contribution in [0.2, 0.25) is 0 Å². The fraction of sp³-hybridized carbons (Fsp3) is 0.924. The van der Waals surface area contributed by atoms with Crippen molar-refractivity contribution in [1.29, 1.82) is 0 Å². The van der Waals surface area contributed by atoms with Crippen molar-refractivity contribution in [3.05, 3.63) is 24.3 Å². The smallest absolute Gasteiger partial charge is 0.305 e. The van der Waals surface area contributed by atoms with Crippen LogP contribution in [0.25, 0.3) is 0 Å². The van der Waals surface area contributed by atoms with Gasteiger partial charge in [0.2, 0.25) is 5.91 Å². The van der Waals surface area contributed by atoms with E-state index in [4.69, 9.17) is 4.74 Å². The second-order valence-corrected chi connectivity index (χ2v) is 27.0. The molecule has 0 rings (SSSR count). The first-order valence-electron chi connectivity index (χ1n) is 39.1. The SMILES string of the molecule is CCCCCCC/C=C\CCCCCCCC(=O)OCCCCCCCCCCCCCC/C=C\CCCCCCCCCCCCCCCCCCCC(=O)NC(CO)C(O)CCCCCCCCCCCCCCCCCCCCCCC. The monoisotopic (exact) mass is 1200 g/mol. The highest BCUT2D eigenvalue weighted by Gasteiger charge is 2.20. The predicted molar refractivity (Wildman–Crippen MR) is 375 cm³/mol. The Hall–Kier alpha value is -1.66. The van der Waals surface area contributed by atoms with Gasteiger partial charge in [0.15, 0.2) is 0 Å². The molecule has 0 radical (unpaired) electrons. The molecule has 85 heavy (non-hydrogen) atoms. The summed E-state index contributed by atoms with van der Waals surface area (Å²) in [5, 5.41) is 23.5. The Kier molecular flexibility index (Phi) is 73.3. The van der Waals surface area contributed by atoms with Gasteiger partial charge in [-0.2, -0.15) is 0 Å². The third-order valence-corrected chi connectivity index (χ3v) is 18.5. The van der Waals surface area contributed by atoms with Gasteiger partial charge in [0, 0.05) is 12.8 Å². The van der Waals surface area contributed by atoms with E-state index in [9.17, 15) is 19.8 Å². The number of carbonyl (C=O) groups excluding carboxylic acids is 2. The zero-order valence-corrected chi connectivity index (χ0v) is 57.9. The second-order valence-electron chi connectivity index (χ2n) is 27.0. The minimum Gasteiger partial charge on any atom is -0.466 e. The standard InChI is InChI=1S/C79H153NO5/c1-3-5-7-9-11-13-15-17-19-20-21-35-38-41-44-47-51-55-59-63-67-71-77(82)76(75-81)80-78(83)72-68-64-60-56-52-48-45-42-39-36-33-31-29-27-25-23-22-24-26-28-30-32-34-37-40-43-46-50-54-58-62-66-70-74-85-79(84)73-69-65-61-57-53-49-18-16-14-12-10-8-6-4-2/h16,18,26,28,76-77,81-82H,3-15,17,19-25,27,29-75H2,1-2H3,(H,80,83)/b18-16-,28-26-. The molecule has 2 unspecified atom stereocenters. The van der Waals surface area contributed by atoms with E-state index in [2.05, 4.69) is 43.5 Å². The first kappa shape index (κ1) is 83.3. The van der Waals surface area contributed by atoms with Gasteiger partial charge in [0.25, 0.3) is 0 Å². The van der Waals surface area contributed by atoms with Crippen molar-refractivity contribution in [3.8, 4) is 0 Å². The number of rotatable bonds is 74. The van der Waals surface area contributed by atoms with Gasteiger partial charge >= 0.3 is 5.97 Å². The lowest BCUT2D eigenvalue weighted by Crippen LogP contribution is -2.45. The number of aliphatic hydroxyl groups excluding tert-OH is 2. The summed E-state index contributed by atoms with van der Waals surface area (Å²) in [5.41, 5.74) is 0. The highest BCUT2D eigenvalue weighted by molar-refractivity contribution is 5.76. The van der Waals surface area contributed by atoms with Crippen molar-refractivity contribution < 1.29 is 24.5 Å². The zero-order chi connectivity index (χ0) is 61.3. The largest absolute Gasteiger partial charge is 0.466 e. The highest BCUT2D eigenvalue weighted by Crippen LogP contribution is 2.20. The van der Waals surface area contributed by atoms with Gasteiger partial charge < -0.3 is 20.3 Å². The average Bonchev–Trinajstić information content (AvgIpc) is 3.51. The molecule has 0 spiro atoms. The van der Waals surface area contributed by atoms with E-state index in [1.54, 1.807) is 0 Å². The van der Waals surface area contributed by atoms with Crippen molar-refractivity contribution in [1.82, 2.24) is 5.32 Å². The van der Waals surface area contributed by atoms with Crippen LogP contribution in [0.1, 0.15) is 444 Å². The molecule has 0 saturated carbocycles. The molecule has 0 aromatic heterocycles. The van der Waals surface area contributed by atoms with Crippen LogP contribution in [0.3, 0.4) is 0 Å². The number of amides is 1. The molecule has 0 heterocycles. The summed E-state index contributed by atoms with van der Waals surface area (Å²) < 4.78 is 5.49. The molecule has 6 heteroatoms. The van der Waals surface area contributed by atoms with E-state index < -0.39 is 12.1 Å². The predicted octanol–water partition coefficient (Wildman–Crippen LogP) is 25.7. The fourth-order valence-corrected chi connectivity index (χ4v) is 12.5. The Bertz CT molecular complexity index is 1330. The number of nitrogens with one attached hydrogen (secondary N) is 1. The lowest BCUT2D eigenvalue weighted by Gasteiger charge is -2.22. The first-order valence-corrected chi connectivity index (χ1v) is 39.1. The Balaban J connectivity index is 3.35. The molecule has 3 N–H and O–H groups in total. The molecule has 504 valence electrons. The summed E-state index contributed by atoms with van der Waals surface area (Å²) in [6.45, 7) is 4.99. The first-order chi connectivity index (χ1) is 42.0. The van der Waals surface area contributed by atoms with Crippen molar-refractivity contribution >= 4 is 11.9 Å².